The molecule has 5 heteroatoms. The van der Waals surface area contributed by atoms with Gasteiger partial charge in [-0.3, -0.25) is 4.90 Å². The fraction of sp³-hybridized carbons (Fsp3) is 0.500. The van der Waals surface area contributed by atoms with Crippen molar-refractivity contribution >= 4 is 5.69 Å². The van der Waals surface area contributed by atoms with Crippen LogP contribution >= 0.6 is 0 Å². The SMILES string of the molecule is CN(CC(F)(F)F)C1CCc2cc(N)ccc21. The minimum Gasteiger partial charge on any atom is -0.399 e. The Bertz CT molecular complexity index is 415. The van der Waals surface area contributed by atoms with Gasteiger partial charge < -0.3 is 5.73 Å². The summed E-state index contributed by atoms with van der Waals surface area (Å²) in [6.07, 6.45) is -2.62. The first-order valence-corrected chi connectivity index (χ1v) is 5.52. The molecule has 0 radical (unpaired) electrons. The number of fused-ring (bicyclic) bond motifs is 1. The zero-order valence-electron chi connectivity index (χ0n) is 9.59. The van der Waals surface area contributed by atoms with Gasteiger partial charge in [0.2, 0.25) is 0 Å². The Balaban J connectivity index is 2.16. The Morgan fingerprint density at radius 1 is 1.41 bits per heavy atom. The molecular weight excluding hydrogens is 229 g/mol. The van der Waals surface area contributed by atoms with E-state index in [1.54, 1.807) is 6.07 Å². The highest BCUT2D eigenvalue weighted by Crippen LogP contribution is 2.37. The van der Waals surface area contributed by atoms with Crippen molar-refractivity contribution in [2.45, 2.75) is 25.1 Å². The van der Waals surface area contributed by atoms with Gasteiger partial charge in [0.1, 0.15) is 0 Å². The molecule has 0 bridgehead atoms. The molecule has 2 nitrogen and oxygen atoms in total. The van der Waals surface area contributed by atoms with Crippen LogP contribution in [0, 0.1) is 0 Å². The van der Waals surface area contributed by atoms with Crippen LogP contribution in [0.25, 0.3) is 0 Å². The summed E-state index contributed by atoms with van der Waals surface area (Å²) >= 11 is 0. The van der Waals surface area contributed by atoms with E-state index in [0.29, 0.717) is 5.69 Å². The number of anilines is 1. The number of alkyl halides is 3. The minimum absolute atomic E-state index is 0.146. The summed E-state index contributed by atoms with van der Waals surface area (Å²) in [5.74, 6) is 0. The number of rotatable bonds is 2. The first kappa shape index (κ1) is 12.2. The predicted molar refractivity (Wildman–Crippen MR) is 60.6 cm³/mol. The molecule has 0 spiro atoms. The van der Waals surface area contributed by atoms with Crippen LogP contribution in [0.3, 0.4) is 0 Å². The standard InChI is InChI=1S/C12H15F3N2/c1-17(7-12(13,14)15)11-5-2-8-6-9(16)3-4-10(8)11/h3-4,6,11H,2,5,7,16H2,1H3. The van der Waals surface area contributed by atoms with Crippen LogP contribution in [0.2, 0.25) is 0 Å². The first-order chi connectivity index (χ1) is 7.87. The highest BCUT2D eigenvalue weighted by atomic mass is 19.4. The van der Waals surface area contributed by atoms with Gasteiger partial charge in [-0.15, -0.1) is 0 Å². The summed E-state index contributed by atoms with van der Waals surface area (Å²) in [5, 5.41) is 0. The van der Waals surface area contributed by atoms with Crippen LogP contribution in [0.1, 0.15) is 23.6 Å². The number of hydrogen-bond acceptors (Lipinski definition) is 2. The van der Waals surface area contributed by atoms with Gasteiger partial charge in [-0.1, -0.05) is 6.07 Å². The smallest absolute Gasteiger partial charge is 0.399 e. The van der Waals surface area contributed by atoms with E-state index in [2.05, 4.69) is 0 Å². The molecule has 1 unspecified atom stereocenters. The van der Waals surface area contributed by atoms with Crippen molar-refractivity contribution in [3.05, 3.63) is 29.3 Å². The normalized spacial score (nSPS) is 19.7. The minimum atomic E-state index is -4.15. The lowest BCUT2D eigenvalue weighted by Gasteiger charge is -2.26. The van der Waals surface area contributed by atoms with E-state index in [0.717, 1.165) is 24.0 Å². The molecular formula is C12H15F3N2. The van der Waals surface area contributed by atoms with Gasteiger partial charge in [0.15, 0.2) is 0 Å². The molecule has 0 amide bonds. The maximum atomic E-state index is 12.3. The highest BCUT2D eigenvalue weighted by Gasteiger charge is 2.34. The average molecular weight is 244 g/mol. The van der Waals surface area contributed by atoms with Crippen molar-refractivity contribution in [3.63, 3.8) is 0 Å². The quantitative estimate of drug-likeness (QED) is 0.810. The van der Waals surface area contributed by atoms with Crippen molar-refractivity contribution in [2.24, 2.45) is 0 Å². The molecule has 0 aliphatic heterocycles. The monoisotopic (exact) mass is 244 g/mol. The van der Waals surface area contributed by atoms with Crippen molar-refractivity contribution in [1.82, 2.24) is 4.90 Å². The summed E-state index contributed by atoms with van der Waals surface area (Å²) in [7, 11) is 1.52. The number of nitrogens with zero attached hydrogens (tertiary/aromatic N) is 1. The summed E-state index contributed by atoms with van der Waals surface area (Å²) in [5.41, 5.74) is 8.38. The molecule has 1 aromatic rings. The van der Waals surface area contributed by atoms with Gasteiger partial charge in [0.25, 0.3) is 0 Å². The van der Waals surface area contributed by atoms with Crippen LogP contribution in [-0.2, 0) is 6.42 Å². The van der Waals surface area contributed by atoms with Crippen LogP contribution in [-0.4, -0.2) is 24.7 Å². The van der Waals surface area contributed by atoms with Gasteiger partial charge in [-0.2, -0.15) is 13.2 Å². The lowest BCUT2D eigenvalue weighted by atomic mass is 10.1. The molecule has 2 rings (SSSR count). The number of halogens is 3. The van der Waals surface area contributed by atoms with Gasteiger partial charge in [-0.05, 0) is 43.1 Å². The molecule has 0 saturated heterocycles. The summed E-state index contributed by atoms with van der Waals surface area (Å²) in [6, 6.07) is 5.30. The molecule has 0 saturated carbocycles. The van der Waals surface area contributed by atoms with Crippen molar-refractivity contribution in [3.8, 4) is 0 Å². The number of benzene rings is 1. The molecule has 0 fully saturated rings. The maximum absolute atomic E-state index is 12.3. The van der Waals surface area contributed by atoms with Crippen molar-refractivity contribution < 1.29 is 13.2 Å². The van der Waals surface area contributed by atoms with E-state index >= 15 is 0 Å². The Kier molecular flexibility index (Phi) is 3.03. The molecule has 2 N–H and O–H groups in total. The van der Waals surface area contributed by atoms with Crippen LogP contribution < -0.4 is 5.73 Å². The van der Waals surface area contributed by atoms with E-state index < -0.39 is 12.7 Å². The zero-order valence-corrected chi connectivity index (χ0v) is 9.59. The molecule has 1 aliphatic rings. The number of nitrogens with two attached hydrogens (primary N) is 1. The first-order valence-electron chi connectivity index (χ1n) is 5.52. The van der Waals surface area contributed by atoms with E-state index in [1.165, 1.54) is 11.9 Å². The van der Waals surface area contributed by atoms with Crippen LogP contribution in [0.5, 0.6) is 0 Å². The Morgan fingerprint density at radius 2 is 2.12 bits per heavy atom. The van der Waals surface area contributed by atoms with E-state index in [4.69, 9.17) is 5.73 Å². The fourth-order valence-electron chi connectivity index (χ4n) is 2.47. The Hall–Kier alpha value is -1.23. The molecule has 1 aromatic carbocycles. The summed E-state index contributed by atoms with van der Waals surface area (Å²) in [4.78, 5) is 1.36. The second-order valence-corrected chi connectivity index (χ2v) is 4.54. The van der Waals surface area contributed by atoms with E-state index in [-0.39, 0.29) is 6.04 Å². The molecule has 94 valence electrons. The van der Waals surface area contributed by atoms with Gasteiger partial charge >= 0.3 is 6.18 Å². The molecule has 0 aromatic heterocycles. The fourth-order valence-corrected chi connectivity index (χ4v) is 2.47. The number of nitrogen functional groups attached to an aromatic ring is 1. The maximum Gasteiger partial charge on any atom is 0.401 e. The predicted octanol–water partition coefficient (Wildman–Crippen LogP) is 2.75. The molecule has 0 heterocycles. The van der Waals surface area contributed by atoms with Gasteiger partial charge in [0.05, 0.1) is 6.54 Å². The average Bonchev–Trinajstić information content (AvgIpc) is 2.57. The zero-order chi connectivity index (χ0) is 12.6. The summed E-state index contributed by atoms with van der Waals surface area (Å²) < 4.78 is 37.0. The second-order valence-electron chi connectivity index (χ2n) is 4.54. The van der Waals surface area contributed by atoms with Gasteiger partial charge in [-0.25, -0.2) is 0 Å². The third-order valence-electron chi connectivity index (χ3n) is 3.17. The lowest BCUT2D eigenvalue weighted by molar-refractivity contribution is -0.147. The van der Waals surface area contributed by atoms with Crippen molar-refractivity contribution in [1.29, 1.82) is 0 Å². The largest absolute Gasteiger partial charge is 0.401 e. The molecule has 1 aliphatic carbocycles. The number of aryl methyl sites for hydroxylation is 1. The van der Waals surface area contributed by atoms with Crippen molar-refractivity contribution in [2.75, 3.05) is 19.3 Å². The molecule has 1 atom stereocenters. The summed E-state index contributed by atoms with van der Waals surface area (Å²) in [6.45, 7) is -0.874. The molecule has 17 heavy (non-hydrogen) atoms. The second kappa shape index (κ2) is 4.22. The number of hydrogen-bond donors (Lipinski definition) is 1. The third-order valence-corrected chi connectivity index (χ3v) is 3.17. The Morgan fingerprint density at radius 3 is 2.76 bits per heavy atom. The van der Waals surface area contributed by atoms with Gasteiger partial charge in [0, 0.05) is 11.7 Å². The Labute approximate surface area is 98.2 Å². The van der Waals surface area contributed by atoms with Crippen LogP contribution in [0.15, 0.2) is 18.2 Å². The lowest BCUT2D eigenvalue weighted by Crippen LogP contribution is -2.33. The van der Waals surface area contributed by atoms with E-state index in [1.807, 2.05) is 12.1 Å². The topological polar surface area (TPSA) is 29.3 Å². The van der Waals surface area contributed by atoms with E-state index in [9.17, 15) is 13.2 Å². The highest BCUT2D eigenvalue weighted by molar-refractivity contribution is 5.47. The van der Waals surface area contributed by atoms with Crippen LogP contribution in [0.4, 0.5) is 18.9 Å². The third kappa shape index (κ3) is 2.72.